The molecule has 7 heteroatoms. The molecule has 0 spiro atoms. The fourth-order valence-electron chi connectivity index (χ4n) is 3.26. The summed E-state index contributed by atoms with van der Waals surface area (Å²) in [7, 11) is 0. The van der Waals surface area contributed by atoms with Crippen LogP contribution in [0.5, 0.6) is 11.5 Å². The van der Waals surface area contributed by atoms with Crippen molar-refractivity contribution >= 4 is 22.5 Å². The Labute approximate surface area is 183 Å². The first-order valence-corrected chi connectivity index (χ1v) is 10.0. The van der Waals surface area contributed by atoms with Crippen LogP contribution in [0.15, 0.2) is 60.9 Å². The van der Waals surface area contributed by atoms with Gasteiger partial charge in [-0.3, -0.25) is 4.98 Å². The number of aromatic nitrogens is 2. The van der Waals surface area contributed by atoms with Gasteiger partial charge < -0.3 is 9.47 Å². The van der Waals surface area contributed by atoms with E-state index in [1.165, 1.54) is 18.2 Å². The summed E-state index contributed by atoms with van der Waals surface area (Å²) < 4.78 is 40.3. The monoisotopic (exact) mass is 440 g/mol. The number of nitrogens with zero attached hydrogens (tertiary/aromatic N) is 2. The van der Waals surface area contributed by atoms with E-state index in [-0.39, 0.29) is 10.5 Å². The summed E-state index contributed by atoms with van der Waals surface area (Å²) in [4.78, 5) is 8.29. The van der Waals surface area contributed by atoms with Crippen LogP contribution in [0.2, 0.25) is 5.02 Å². The molecule has 0 radical (unpaired) electrons. The Hall–Kier alpha value is -3.09. The van der Waals surface area contributed by atoms with Gasteiger partial charge in [-0.25, -0.2) is 13.8 Å². The predicted octanol–water partition coefficient (Wildman–Crippen LogP) is 6.94. The summed E-state index contributed by atoms with van der Waals surface area (Å²) in [5.41, 5.74) is 2.07. The molecule has 4 nitrogen and oxygen atoms in total. The van der Waals surface area contributed by atoms with Gasteiger partial charge in [0.25, 0.3) is 0 Å². The van der Waals surface area contributed by atoms with Crippen LogP contribution < -0.4 is 4.74 Å². The Kier molecular flexibility index (Phi) is 6.11. The highest BCUT2D eigenvalue weighted by Gasteiger charge is 2.21. The summed E-state index contributed by atoms with van der Waals surface area (Å²) in [5, 5.41) is 0.523. The molecule has 4 aromatic rings. The van der Waals surface area contributed by atoms with Crippen molar-refractivity contribution in [1.82, 2.24) is 9.97 Å². The molecule has 0 aliphatic rings. The molecule has 0 amide bonds. The first kappa shape index (κ1) is 21.2. The van der Waals surface area contributed by atoms with Crippen LogP contribution in [0.4, 0.5) is 8.78 Å². The van der Waals surface area contributed by atoms with E-state index in [0.717, 1.165) is 5.56 Å². The Balaban J connectivity index is 1.67. The lowest BCUT2D eigenvalue weighted by atomic mass is 10.1. The van der Waals surface area contributed by atoms with E-state index in [9.17, 15) is 8.78 Å². The Bertz CT molecular complexity index is 1240. The molecule has 2 aromatic carbocycles. The van der Waals surface area contributed by atoms with Crippen LogP contribution in [0.1, 0.15) is 29.8 Å². The van der Waals surface area contributed by atoms with Gasteiger partial charge in [-0.1, -0.05) is 23.7 Å². The van der Waals surface area contributed by atoms with Crippen LogP contribution in [-0.2, 0) is 11.3 Å². The highest BCUT2D eigenvalue weighted by atomic mass is 35.5. The molecule has 0 fully saturated rings. The number of fused-ring (bicyclic) bond motifs is 1. The van der Waals surface area contributed by atoms with Crippen LogP contribution in [0.3, 0.4) is 0 Å². The lowest BCUT2D eigenvalue weighted by Crippen LogP contribution is -2.05. The zero-order valence-corrected chi connectivity index (χ0v) is 17.7. The molecular formula is C24H19ClF2N2O2. The number of benzene rings is 2. The van der Waals surface area contributed by atoms with Gasteiger partial charge in [0.1, 0.15) is 28.7 Å². The highest BCUT2D eigenvalue weighted by molar-refractivity contribution is 6.31. The summed E-state index contributed by atoms with van der Waals surface area (Å²) in [6, 6.07) is 12.8. The lowest BCUT2D eigenvalue weighted by Gasteiger charge is -2.20. The van der Waals surface area contributed by atoms with Crippen LogP contribution in [0, 0.1) is 18.6 Å². The third-order valence-electron chi connectivity index (χ3n) is 4.91. The number of halogens is 3. The number of aryl methyl sites for hydroxylation is 1. The number of ether oxygens (including phenoxy) is 2. The number of hydrogen-bond donors (Lipinski definition) is 0. The Morgan fingerprint density at radius 2 is 1.77 bits per heavy atom. The van der Waals surface area contributed by atoms with E-state index in [0.29, 0.717) is 34.7 Å². The van der Waals surface area contributed by atoms with Crippen molar-refractivity contribution in [1.29, 1.82) is 0 Å². The number of para-hydroxylation sites is 1. The van der Waals surface area contributed by atoms with Crippen molar-refractivity contribution in [2.45, 2.75) is 26.6 Å². The molecule has 0 bridgehead atoms. The van der Waals surface area contributed by atoms with Gasteiger partial charge in [0, 0.05) is 23.3 Å². The fraction of sp³-hybridized carbons (Fsp3) is 0.167. The van der Waals surface area contributed by atoms with Gasteiger partial charge in [0.2, 0.25) is 0 Å². The molecule has 0 N–H and O–H groups in total. The molecule has 0 saturated carbocycles. The van der Waals surface area contributed by atoms with Gasteiger partial charge in [-0.2, -0.15) is 0 Å². The first-order chi connectivity index (χ1) is 14.9. The van der Waals surface area contributed by atoms with Crippen LogP contribution in [0.25, 0.3) is 10.9 Å². The Morgan fingerprint density at radius 1 is 1.00 bits per heavy atom. The molecule has 0 aliphatic heterocycles. The third-order valence-corrected chi connectivity index (χ3v) is 5.29. The molecule has 0 saturated heterocycles. The molecule has 2 heterocycles. The zero-order chi connectivity index (χ0) is 22.0. The van der Waals surface area contributed by atoms with E-state index >= 15 is 0 Å². The van der Waals surface area contributed by atoms with E-state index in [1.54, 1.807) is 44.4 Å². The molecule has 1 unspecified atom stereocenters. The molecule has 158 valence electrons. The van der Waals surface area contributed by atoms with Gasteiger partial charge in [-0.15, -0.1) is 0 Å². The minimum absolute atomic E-state index is 0.0721. The number of hydrogen-bond acceptors (Lipinski definition) is 4. The fourth-order valence-corrected chi connectivity index (χ4v) is 3.57. The van der Waals surface area contributed by atoms with E-state index in [4.69, 9.17) is 21.1 Å². The van der Waals surface area contributed by atoms with E-state index in [2.05, 4.69) is 9.97 Å². The number of rotatable bonds is 6. The van der Waals surface area contributed by atoms with E-state index < -0.39 is 17.7 Å². The van der Waals surface area contributed by atoms with Crippen molar-refractivity contribution in [2.75, 3.05) is 0 Å². The quantitative estimate of drug-likeness (QED) is 0.325. The maximum Gasteiger partial charge on any atom is 0.149 e. The third kappa shape index (κ3) is 4.50. The van der Waals surface area contributed by atoms with Gasteiger partial charge >= 0.3 is 0 Å². The first-order valence-electron chi connectivity index (χ1n) is 9.66. The minimum Gasteiger partial charge on any atom is -0.455 e. The van der Waals surface area contributed by atoms with Crippen LogP contribution >= 0.6 is 11.6 Å². The summed E-state index contributed by atoms with van der Waals surface area (Å²) >= 11 is 6.29. The van der Waals surface area contributed by atoms with Crippen molar-refractivity contribution < 1.29 is 18.3 Å². The predicted molar refractivity (Wildman–Crippen MR) is 115 cm³/mol. The van der Waals surface area contributed by atoms with Crippen molar-refractivity contribution in [3.63, 3.8) is 0 Å². The SMILES string of the molecule is Cc1nc2c(F)cccc2cc1Oc1ccc(F)c(Cl)c1C(C)OCc1ccncc1. The molecule has 0 aliphatic carbocycles. The second-order valence-electron chi connectivity index (χ2n) is 7.07. The largest absolute Gasteiger partial charge is 0.455 e. The van der Waals surface area contributed by atoms with E-state index in [1.807, 2.05) is 12.1 Å². The average Bonchev–Trinajstić information content (AvgIpc) is 2.77. The van der Waals surface area contributed by atoms with Gasteiger partial charge in [-0.05, 0) is 55.8 Å². The molecular weight excluding hydrogens is 422 g/mol. The zero-order valence-electron chi connectivity index (χ0n) is 16.9. The molecule has 31 heavy (non-hydrogen) atoms. The van der Waals surface area contributed by atoms with Crippen molar-refractivity contribution in [2.24, 2.45) is 0 Å². The average molecular weight is 441 g/mol. The second kappa shape index (κ2) is 8.96. The molecule has 1 atom stereocenters. The van der Waals surface area contributed by atoms with Crippen molar-refractivity contribution in [3.8, 4) is 11.5 Å². The second-order valence-corrected chi connectivity index (χ2v) is 7.45. The Morgan fingerprint density at radius 3 is 2.55 bits per heavy atom. The highest BCUT2D eigenvalue weighted by Crippen LogP contribution is 2.39. The maximum absolute atomic E-state index is 14.2. The standard InChI is InChI=1S/C24H19ClF2N2O2/c1-14-21(12-17-4-3-5-19(27)24(17)29-14)31-20-7-6-18(26)23(25)22(20)15(2)30-13-16-8-10-28-11-9-16/h3-12,15H,13H2,1-2H3. The summed E-state index contributed by atoms with van der Waals surface area (Å²) in [6.45, 7) is 3.79. The molecule has 2 aromatic heterocycles. The maximum atomic E-state index is 14.2. The normalized spacial score (nSPS) is 12.2. The van der Waals surface area contributed by atoms with Gasteiger partial charge in [0.05, 0.1) is 23.4 Å². The van der Waals surface area contributed by atoms with Crippen molar-refractivity contribution in [3.05, 3.63) is 94.4 Å². The smallest absolute Gasteiger partial charge is 0.149 e. The topological polar surface area (TPSA) is 44.2 Å². The van der Waals surface area contributed by atoms with Crippen LogP contribution in [-0.4, -0.2) is 9.97 Å². The minimum atomic E-state index is -0.571. The van der Waals surface area contributed by atoms with Gasteiger partial charge in [0.15, 0.2) is 0 Å². The number of pyridine rings is 2. The molecule has 4 rings (SSSR count). The lowest BCUT2D eigenvalue weighted by molar-refractivity contribution is 0.0511. The summed E-state index contributed by atoms with van der Waals surface area (Å²) in [6.07, 6.45) is 2.79. The summed E-state index contributed by atoms with van der Waals surface area (Å²) in [5.74, 6) is -0.216.